The minimum absolute atomic E-state index is 0.0511. The van der Waals surface area contributed by atoms with Crippen LogP contribution in [0.3, 0.4) is 0 Å². The molecule has 0 unspecified atom stereocenters. The van der Waals surface area contributed by atoms with E-state index in [1.54, 1.807) is 56.1 Å². The number of carbonyl (C=O) groups is 3. The third-order valence-corrected chi connectivity index (χ3v) is 9.45. The average molecular weight is 672 g/mol. The quantitative estimate of drug-likeness (QED) is 0.226. The third kappa shape index (κ3) is 7.40. The topological polar surface area (TPSA) is 144 Å². The Labute approximate surface area is 283 Å². The normalized spacial score (nSPS) is 18.1. The predicted octanol–water partition coefficient (Wildman–Crippen LogP) is 6.37. The van der Waals surface area contributed by atoms with Gasteiger partial charge in [0.25, 0.3) is 11.8 Å². The van der Waals surface area contributed by atoms with Crippen molar-refractivity contribution in [2.24, 2.45) is 0 Å². The second kappa shape index (κ2) is 13.5. The van der Waals surface area contributed by atoms with E-state index in [1.165, 1.54) is 0 Å². The van der Waals surface area contributed by atoms with E-state index in [4.69, 9.17) is 14.1 Å². The molecule has 0 radical (unpaired) electrons. The molecule has 3 aromatic heterocycles. The summed E-state index contributed by atoms with van der Waals surface area (Å²) in [6, 6.07) is 12.8. The Kier molecular flexibility index (Phi) is 9.33. The molecule has 1 aromatic carbocycles. The van der Waals surface area contributed by atoms with Crippen LogP contribution in [0.2, 0.25) is 0 Å². The molecule has 6 rings (SSSR count). The molecule has 0 aliphatic carbocycles. The number of hydrogen-bond acceptors (Lipinski definition) is 10. The van der Waals surface area contributed by atoms with E-state index in [2.05, 4.69) is 20.5 Å². The number of hydrogen-bond donors (Lipinski definition) is 1. The van der Waals surface area contributed by atoms with E-state index in [9.17, 15) is 14.4 Å². The number of nitrogens with one attached hydrogen (secondary N) is 1. The predicted molar refractivity (Wildman–Crippen MR) is 180 cm³/mol. The standard InChI is InChI=1S/C35H41N7O5S/c1-22-21-48-30(36-22)26-14-11-17-41(26)31(44)24-18-25(37-27(19-24)42-16-10-9-15-28(42)43)29-39-40-32(46-29)35(5,20-23-12-7-6-8-13-23)38-33(45)47-34(2,3)4/h6-8,12-13,18-19,21,26H,9-11,14-17,20H2,1-5H3,(H,38,45)/t26-,35-/m1/s1. The molecule has 48 heavy (non-hydrogen) atoms. The highest BCUT2D eigenvalue weighted by Gasteiger charge is 2.38. The minimum atomic E-state index is -1.15. The molecule has 252 valence electrons. The van der Waals surface area contributed by atoms with Crippen LogP contribution in [0, 0.1) is 6.92 Å². The van der Waals surface area contributed by atoms with Gasteiger partial charge in [-0.2, -0.15) is 0 Å². The molecule has 0 bridgehead atoms. The second-order valence-corrected chi connectivity index (χ2v) is 14.5. The number of piperidine rings is 1. The fraction of sp³-hybridized carbons (Fsp3) is 0.457. The van der Waals surface area contributed by atoms with E-state index in [1.807, 2.05) is 47.5 Å². The number of anilines is 1. The van der Waals surface area contributed by atoms with Crippen LogP contribution in [0.5, 0.6) is 0 Å². The molecular weight excluding hydrogens is 630 g/mol. The van der Waals surface area contributed by atoms with E-state index >= 15 is 0 Å². The van der Waals surface area contributed by atoms with Gasteiger partial charge in [-0.25, -0.2) is 14.8 Å². The fourth-order valence-corrected chi connectivity index (χ4v) is 7.09. The summed E-state index contributed by atoms with van der Waals surface area (Å²) in [7, 11) is 0. The van der Waals surface area contributed by atoms with Crippen molar-refractivity contribution < 1.29 is 23.5 Å². The number of likely N-dealkylation sites (tertiary alicyclic amines) is 1. The Balaban J connectivity index is 1.37. The molecule has 0 saturated carbocycles. The molecule has 2 aliphatic heterocycles. The average Bonchev–Trinajstić information content (AvgIpc) is 3.81. The van der Waals surface area contributed by atoms with Crippen LogP contribution in [0.1, 0.15) is 98.4 Å². The molecule has 4 aromatic rings. The Morgan fingerprint density at radius 3 is 2.54 bits per heavy atom. The van der Waals surface area contributed by atoms with Crippen molar-refractivity contribution in [3.8, 4) is 11.6 Å². The molecule has 2 fully saturated rings. The molecular formula is C35H41N7O5S. The Hall–Kier alpha value is -4.65. The molecule has 0 spiro atoms. The van der Waals surface area contributed by atoms with Gasteiger partial charge in [-0.05, 0) is 78.0 Å². The number of pyridine rings is 1. The number of aromatic nitrogens is 4. The highest BCUT2D eigenvalue weighted by molar-refractivity contribution is 7.09. The molecule has 2 saturated heterocycles. The summed E-state index contributed by atoms with van der Waals surface area (Å²) >= 11 is 1.56. The van der Waals surface area contributed by atoms with E-state index in [0.717, 1.165) is 41.9 Å². The Morgan fingerprint density at radius 2 is 1.83 bits per heavy atom. The second-order valence-electron chi connectivity index (χ2n) is 13.6. The fourth-order valence-electron chi connectivity index (χ4n) is 6.15. The van der Waals surface area contributed by atoms with Crippen molar-refractivity contribution in [3.63, 3.8) is 0 Å². The summed E-state index contributed by atoms with van der Waals surface area (Å²) in [6.07, 6.45) is 3.44. The van der Waals surface area contributed by atoms with Crippen molar-refractivity contribution in [2.75, 3.05) is 18.0 Å². The number of alkyl carbamates (subject to hydrolysis) is 1. The molecule has 12 nitrogen and oxygen atoms in total. The Bertz CT molecular complexity index is 1800. The number of carbonyl (C=O) groups excluding carboxylic acids is 3. The number of aryl methyl sites for hydroxylation is 1. The van der Waals surface area contributed by atoms with Crippen LogP contribution >= 0.6 is 11.3 Å². The number of rotatable bonds is 8. The van der Waals surface area contributed by atoms with Crippen LogP contribution in [0.15, 0.2) is 52.3 Å². The van der Waals surface area contributed by atoms with E-state index in [0.29, 0.717) is 37.3 Å². The maximum atomic E-state index is 14.2. The molecule has 1 N–H and O–H groups in total. The first-order chi connectivity index (χ1) is 22.9. The van der Waals surface area contributed by atoms with Crippen LogP contribution in [0.25, 0.3) is 11.6 Å². The lowest BCUT2D eigenvalue weighted by atomic mass is 9.92. The van der Waals surface area contributed by atoms with Crippen LogP contribution in [0.4, 0.5) is 10.6 Å². The van der Waals surface area contributed by atoms with Gasteiger partial charge in [0.1, 0.15) is 27.7 Å². The summed E-state index contributed by atoms with van der Waals surface area (Å²) < 4.78 is 11.8. The van der Waals surface area contributed by atoms with Crippen molar-refractivity contribution in [1.29, 1.82) is 0 Å². The zero-order chi connectivity index (χ0) is 34.1. The van der Waals surface area contributed by atoms with Crippen molar-refractivity contribution in [1.82, 2.24) is 30.4 Å². The van der Waals surface area contributed by atoms with Gasteiger partial charge >= 0.3 is 6.09 Å². The minimum Gasteiger partial charge on any atom is -0.444 e. The first-order valence-electron chi connectivity index (χ1n) is 16.3. The van der Waals surface area contributed by atoms with Crippen molar-refractivity contribution in [2.45, 2.75) is 90.3 Å². The van der Waals surface area contributed by atoms with Crippen LogP contribution in [-0.2, 0) is 21.5 Å². The summed E-state index contributed by atoms with van der Waals surface area (Å²) in [6.45, 7) is 10.2. The largest absolute Gasteiger partial charge is 0.444 e. The Morgan fingerprint density at radius 1 is 1.04 bits per heavy atom. The third-order valence-electron chi connectivity index (χ3n) is 8.39. The highest BCUT2D eigenvalue weighted by Crippen LogP contribution is 2.36. The molecule has 2 aliphatic rings. The molecule has 3 amide bonds. The maximum Gasteiger partial charge on any atom is 0.408 e. The van der Waals surface area contributed by atoms with Crippen molar-refractivity contribution in [3.05, 3.63) is 75.6 Å². The van der Waals surface area contributed by atoms with Gasteiger partial charge in [0.2, 0.25) is 11.8 Å². The first kappa shape index (κ1) is 33.3. The first-order valence-corrected chi connectivity index (χ1v) is 17.2. The SMILES string of the molecule is Cc1csc([C@H]2CCCN2C(=O)c2cc(-c3nnc([C@@](C)(Cc4ccccc4)NC(=O)OC(C)(C)C)o3)nc(N3CCCCC3=O)c2)n1. The maximum absolute atomic E-state index is 14.2. The van der Waals surface area contributed by atoms with Gasteiger partial charge in [0.15, 0.2) is 0 Å². The van der Waals surface area contributed by atoms with Gasteiger partial charge in [0.05, 0.1) is 6.04 Å². The summed E-state index contributed by atoms with van der Waals surface area (Å²) in [5.74, 6) is 0.328. The van der Waals surface area contributed by atoms with Gasteiger partial charge in [-0.1, -0.05) is 30.3 Å². The van der Waals surface area contributed by atoms with E-state index in [-0.39, 0.29) is 35.3 Å². The molecule has 2 atom stereocenters. The zero-order valence-electron chi connectivity index (χ0n) is 28.0. The number of amides is 3. The number of nitrogens with zero attached hydrogens (tertiary/aromatic N) is 6. The van der Waals surface area contributed by atoms with Gasteiger partial charge in [0, 0.05) is 42.6 Å². The lowest BCUT2D eigenvalue weighted by Crippen LogP contribution is -2.47. The monoisotopic (exact) mass is 671 g/mol. The number of benzene rings is 1. The van der Waals surface area contributed by atoms with Crippen LogP contribution < -0.4 is 10.2 Å². The number of ether oxygens (including phenoxy) is 1. The lowest BCUT2D eigenvalue weighted by Gasteiger charge is -2.29. The van der Waals surface area contributed by atoms with E-state index < -0.39 is 17.2 Å². The van der Waals surface area contributed by atoms with Gasteiger partial charge < -0.3 is 19.4 Å². The zero-order valence-corrected chi connectivity index (χ0v) is 28.8. The summed E-state index contributed by atoms with van der Waals surface area (Å²) in [4.78, 5) is 53.1. The molecule has 5 heterocycles. The van der Waals surface area contributed by atoms with Gasteiger partial charge in [-0.3, -0.25) is 14.5 Å². The summed E-state index contributed by atoms with van der Waals surface area (Å²) in [5.41, 5.74) is 0.620. The molecule has 13 heteroatoms. The number of thiazole rings is 1. The smallest absolute Gasteiger partial charge is 0.408 e. The highest BCUT2D eigenvalue weighted by atomic mass is 32.1. The lowest BCUT2D eigenvalue weighted by molar-refractivity contribution is -0.119. The van der Waals surface area contributed by atoms with Gasteiger partial charge in [-0.15, -0.1) is 21.5 Å². The summed E-state index contributed by atoms with van der Waals surface area (Å²) in [5, 5.41) is 14.6. The van der Waals surface area contributed by atoms with Crippen molar-refractivity contribution >= 4 is 35.1 Å². The van der Waals surface area contributed by atoms with Crippen LogP contribution in [-0.4, -0.2) is 61.7 Å².